The summed E-state index contributed by atoms with van der Waals surface area (Å²) in [4.78, 5) is 25.6. The standard InChI is InChI=1S/C21H23N3O6S2/c1-13-20(25)23-16-11-14(3-6-18(16)31-13)21(26)22-15-4-5-17(29-2)19(12-15)32(27,28)24-7-9-30-10-8-24/h3-6,11-13H,7-10H2,1-2H3,(H,22,26)(H,23,25). The minimum absolute atomic E-state index is 0.0252. The van der Waals surface area contributed by atoms with Crippen LogP contribution in [-0.4, -0.2) is 63.2 Å². The molecule has 2 N–H and O–H groups in total. The van der Waals surface area contributed by atoms with Crippen LogP contribution in [0.15, 0.2) is 46.2 Å². The minimum atomic E-state index is -3.82. The van der Waals surface area contributed by atoms with E-state index in [1.165, 1.54) is 35.3 Å². The molecule has 2 aliphatic heterocycles. The second kappa shape index (κ2) is 9.10. The molecule has 11 heteroatoms. The van der Waals surface area contributed by atoms with Crippen molar-refractivity contribution < 1.29 is 27.5 Å². The second-order valence-electron chi connectivity index (χ2n) is 7.30. The predicted molar refractivity (Wildman–Crippen MR) is 121 cm³/mol. The zero-order valence-electron chi connectivity index (χ0n) is 17.6. The van der Waals surface area contributed by atoms with Crippen LogP contribution in [0, 0.1) is 0 Å². The summed E-state index contributed by atoms with van der Waals surface area (Å²) >= 11 is 1.43. The molecule has 9 nitrogen and oxygen atoms in total. The molecular formula is C21H23N3O6S2. The smallest absolute Gasteiger partial charge is 0.255 e. The van der Waals surface area contributed by atoms with E-state index < -0.39 is 15.9 Å². The Balaban J connectivity index is 1.59. The normalized spacial score (nSPS) is 19.1. The van der Waals surface area contributed by atoms with E-state index in [1.807, 2.05) is 6.92 Å². The lowest BCUT2D eigenvalue weighted by atomic mass is 10.1. The topological polar surface area (TPSA) is 114 Å². The summed E-state index contributed by atoms with van der Waals surface area (Å²) in [5.41, 5.74) is 1.23. The van der Waals surface area contributed by atoms with Crippen LogP contribution >= 0.6 is 11.8 Å². The fourth-order valence-electron chi connectivity index (χ4n) is 3.44. The highest BCUT2D eigenvalue weighted by molar-refractivity contribution is 8.01. The fourth-order valence-corrected chi connectivity index (χ4v) is 5.96. The lowest BCUT2D eigenvalue weighted by Gasteiger charge is -2.26. The van der Waals surface area contributed by atoms with Crippen molar-refractivity contribution in [3.05, 3.63) is 42.0 Å². The third kappa shape index (κ3) is 4.46. The van der Waals surface area contributed by atoms with Crippen molar-refractivity contribution in [1.82, 2.24) is 4.31 Å². The van der Waals surface area contributed by atoms with Crippen LogP contribution in [0.4, 0.5) is 11.4 Å². The Hall–Kier alpha value is -2.60. The van der Waals surface area contributed by atoms with Gasteiger partial charge in [-0.2, -0.15) is 4.31 Å². The quantitative estimate of drug-likeness (QED) is 0.680. The van der Waals surface area contributed by atoms with Gasteiger partial charge in [0, 0.05) is 29.2 Å². The van der Waals surface area contributed by atoms with Crippen molar-refractivity contribution in [3.63, 3.8) is 0 Å². The Morgan fingerprint density at radius 1 is 1.22 bits per heavy atom. The van der Waals surface area contributed by atoms with Crippen LogP contribution in [0.1, 0.15) is 17.3 Å². The van der Waals surface area contributed by atoms with E-state index in [2.05, 4.69) is 10.6 Å². The number of amides is 2. The van der Waals surface area contributed by atoms with Crippen molar-refractivity contribution in [1.29, 1.82) is 0 Å². The maximum Gasteiger partial charge on any atom is 0.255 e. The van der Waals surface area contributed by atoms with E-state index in [9.17, 15) is 18.0 Å². The van der Waals surface area contributed by atoms with Crippen LogP contribution in [0.3, 0.4) is 0 Å². The van der Waals surface area contributed by atoms with Crippen LogP contribution < -0.4 is 15.4 Å². The summed E-state index contributed by atoms with van der Waals surface area (Å²) in [5, 5.41) is 5.33. The number of thioether (sulfide) groups is 1. The number of carbonyl (C=O) groups is 2. The summed E-state index contributed by atoms with van der Waals surface area (Å²) in [5.74, 6) is -0.351. The number of anilines is 2. The Morgan fingerprint density at radius 2 is 1.97 bits per heavy atom. The average Bonchev–Trinajstić information content (AvgIpc) is 2.80. The van der Waals surface area contributed by atoms with Crippen molar-refractivity contribution in [2.45, 2.75) is 22.0 Å². The number of carbonyl (C=O) groups excluding carboxylic acids is 2. The maximum absolute atomic E-state index is 13.1. The first-order valence-corrected chi connectivity index (χ1v) is 12.3. The molecule has 170 valence electrons. The van der Waals surface area contributed by atoms with Crippen molar-refractivity contribution in [3.8, 4) is 5.75 Å². The van der Waals surface area contributed by atoms with Crippen molar-refractivity contribution >= 4 is 45.0 Å². The maximum atomic E-state index is 13.1. The number of hydrogen-bond acceptors (Lipinski definition) is 7. The third-order valence-corrected chi connectivity index (χ3v) is 8.28. The van der Waals surface area contributed by atoms with E-state index in [0.717, 1.165) is 4.90 Å². The van der Waals surface area contributed by atoms with Gasteiger partial charge in [-0.15, -0.1) is 11.8 Å². The predicted octanol–water partition coefficient (Wildman–Crippen LogP) is 2.40. The van der Waals surface area contributed by atoms with E-state index in [4.69, 9.17) is 9.47 Å². The number of nitrogens with one attached hydrogen (secondary N) is 2. The Kier molecular flexibility index (Phi) is 6.42. The molecule has 0 radical (unpaired) electrons. The second-order valence-corrected chi connectivity index (χ2v) is 10.6. The third-order valence-electron chi connectivity index (χ3n) is 5.18. The van der Waals surface area contributed by atoms with E-state index in [1.54, 1.807) is 24.3 Å². The molecular weight excluding hydrogens is 454 g/mol. The Bertz CT molecular complexity index is 1160. The molecule has 0 spiro atoms. The highest BCUT2D eigenvalue weighted by Gasteiger charge is 2.30. The van der Waals surface area contributed by atoms with Gasteiger partial charge in [0.05, 0.1) is 31.3 Å². The molecule has 2 aromatic carbocycles. The van der Waals surface area contributed by atoms with Gasteiger partial charge >= 0.3 is 0 Å². The summed E-state index contributed by atoms with van der Waals surface area (Å²) < 4.78 is 38.1. The molecule has 1 fully saturated rings. The molecule has 2 amide bonds. The van der Waals surface area contributed by atoms with Gasteiger partial charge in [0.2, 0.25) is 15.9 Å². The first kappa shape index (κ1) is 22.6. The number of ether oxygens (including phenoxy) is 2. The van der Waals surface area contributed by atoms with Crippen LogP contribution in [0.25, 0.3) is 0 Å². The van der Waals surface area contributed by atoms with Crippen molar-refractivity contribution in [2.24, 2.45) is 0 Å². The van der Waals surface area contributed by atoms with Crippen LogP contribution in [0.2, 0.25) is 0 Å². The average molecular weight is 478 g/mol. The number of sulfonamides is 1. The van der Waals surface area contributed by atoms with Crippen LogP contribution in [-0.2, 0) is 19.6 Å². The molecule has 0 saturated carbocycles. The Morgan fingerprint density at radius 3 is 2.69 bits per heavy atom. The van der Waals surface area contributed by atoms with Gasteiger partial charge in [0.1, 0.15) is 10.6 Å². The summed E-state index contributed by atoms with van der Waals surface area (Å²) in [7, 11) is -2.43. The molecule has 0 aliphatic carbocycles. The highest BCUT2D eigenvalue weighted by atomic mass is 32.2. The van der Waals surface area contributed by atoms with E-state index in [-0.39, 0.29) is 34.9 Å². The summed E-state index contributed by atoms with van der Waals surface area (Å²) in [6, 6.07) is 9.53. The van der Waals surface area contributed by atoms with Gasteiger partial charge in [-0.1, -0.05) is 0 Å². The van der Waals surface area contributed by atoms with Gasteiger partial charge < -0.3 is 20.1 Å². The molecule has 0 aromatic heterocycles. The van der Waals surface area contributed by atoms with E-state index >= 15 is 0 Å². The minimum Gasteiger partial charge on any atom is -0.495 e. The number of nitrogens with zero attached hydrogens (tertiary/aromatic N) is 1. The highest BCUT2D eigenvalue weighted by Crippen LogP contribution is 2.36. The van der Waals surface area contributed by atoms with Gasteiger partial charge in [-0.25, -0.2) is 8.42 Å². The summed E-state index contributed by atoms with van der Waals surface area (Å²) in [6.07, 6.45) is 0. The monoisotopic (exact) mass is 477 g/mol. The molecule has 4 rings (SSSR count). The molecule has 0 bridgehead atoms. The number of benzene rings is 2. The molecule has 2 heterocycles. The lowest BCUT2D eigenvalue weighted by Crippen LogP contribution is -2.40. The van der Waals surface area contributed by atoms with Crippen molar-refractivity contribution in [2.75, 3.05) is 44.0 Å². The number of hydrogen-bond donors (Lipinski definition) is 2. The number of rotatable bonds is 5. The molecule has 2 aromatic rings. The first-order chi connectivity index (χ1) is 15.3. The molecule has 2 aliphatic rings. The zero-order valence-corrected chi connectivity index (χ0v) is 19.2. The fraction of sp³-hybridized carbons (Fsp3) is 0.333. The number of fused-ring (bicyclic) bond motifs is 1. The van der Waals surface area contributed by atoms with Gasteiger partial charge in [0.15, 0.2) is 0 Å². The van der Waals surface area contributed by atoms with E-state index in [0.29, 0.717) is 30.2 Å². The zero-order chi connectivity index (χ0) is 22.9. The van der Waals surface area contributed by atoms with Gasteiger partial charge in [0.25, 0.3) is 5.91 Å². The summed E-state index contributed by atoms with van der Waals surface area (Å²) in [6.45, 7) is 2.96. The van der Waals surface area contributed by atoms with Crippen LogP contribution in [0.5, 0.6) is 5.75 Å². The molecule has 32 heavy (non-hydrogen) atoms. The largest absolute Gasteiger partial charge is 0.495 e. The van der Waals surface area contributed by atoms with Gasteiger partial charge in [-0.3, -0.25) is 9.59 Å². The Labute approximate surface area is 190 Å². The lowest BCUT2D eigenvalue weighted by molar-refractivity contribution is -0.115. The SMILES string of the molecule is COc1ccc(NC(=O)c2ccc3c(c2)NC(=O)C(C)S3)cc1S(=O)(=O)N1CCOCC1. The van der Waals surface area contributed by atoms with Gasteiger partial charge in [-0.05, 0) is 43.3 Å². The molecule has 1 saturated heterocycles. The number of methoxy groups -OCH3 is 1. The molecule has 1 unspecified atom stereocenters. The number of morpholine rings is 1. The first-order valence-electron chi connectivity index (χ1n) is 9.98. The molecule has 1 atom stereocenters.